The zero-order chi connectivity index (χ0) is 21.9. The Morgan fingerprint density at radius 1 is 1.03 bits per heavy atom. The third kappa shape index (κ3) is 4.21. The van der Waals surface area contributed by atoms with Crippen molar-refractivity contribution in [3.63, 3.8) is 0 Å². The van der Waals surface area contributed by atoms with Crippen LogP contribution in [0.25, 0.3) is 21.8 Å². The Kier molecular flexibility index (Phi) is 6.07. The Balaban J connectivity index is 1.42. The summed E-state index contributed by atoms with van der Waals surface area (Å²) in [6.45, 7) is 3.48. The van der Waals surface area contributed by atoms with Crippen molar-refractivity contribution in [2.45, 2.75) is 25.0 Å². The molecule has 3 N–H and O–H groups in total. The minimum absolute atomic E-state index is 0.0780. The van der Waals surface area contributed by atoms with Crippen LogP contribution in [-0.4, -0.2) is 62.1 Å². The number of hydrogen-bond donors (Lipinski definition) is 2. The number of guanidine groups is 1. The van der Waals surface area contributed by atoms with Crippen molar-refractivity contribution in [2.24, 2.45) is 10.7 Å². The molecule has 2 aromatic carbocycles. The van der Waals surface area contributed by atoms with E-state index in [-0.39, 0.29) is 18.0 Å². The number of carbonyl (C=O) groups excluding carboxylic acids is 1. The Morgan fingerprint density at radius 3 is 2.66 bits per heavy atom. The molecule has 5 rings (SSSR count). The number of para-hydroxylation sites is 1. The van der Waals surface area contributed by atoms with Gasteiger partial charge in [0.15, 0.2) is 5.96 Å². The molecule has 32 heavy (non-hydrogen) atoms. The lowest BCUT2D eigenvalue weighted by molar-refractivity contribution is -0.0832. The molecule has 2 saturated heterocycles. The Morgan fingerprint density at radius 2 is 1.84 bits per heavy atom. The number of benzene rings is 2. The summed E-state index contributed by atoms with van der Waals surface area (Å²) < 4.78 is 18.8. The fourth-order valence-electron chi connectivity index (χ4n) is 4.55. The smallest absolute Gasteiger partial charge is 0.258 e. The first-order chi connectivity index (χ1) is 15.7. The number of hydrogen-bond acceptors (Lipinski definition) is 5. The average molecular weight is 437 g/mol. The number of aromatic nitrogens is 1. The number of ether oxygens (including phenoxy) is 3. The number of nitrogens with zero attached hydrogens (tertiary/aromatic N) is 2. The van der Waals surface area contributed by atoms with Crippen LogP contribution in [0, 0.1) is 0 Å². The fourth-order valence-corrected chi connectivity index (χ4v) is 4.55. The van der Waals surface area contributed by atoms with Gasteiger partial charge < -0.3 is 24.5 Å². The normalized spacial score (nSPS) is 20.6. The molecule has 1 amide bonds. The van der Waals surface area contributed by atoms with Crippen LogP contribution in [0.15, 0.2) is 47.5 Å². The average Bonchev–Trinajstić information content (AvgIpc) is 3.17. The second-order valence-corrected chi connectivity index (χ2v) is 8.21. The predicted molar refractivity (Wildman–Crippen MR) is 123 cm³/mol. The van der Waals surface area contributed by atoms with Gasteiger partial charge in [-0.2, -0.15) is 0 Å². The van der Waals surface area contributed by atoms with Gasteiger partial charge >= 0.3 is 0 Å². The Labute approximate surface area is 186 Å². The molecule has 0 radical (unpaired) electrons. The molecule has 0 aliphatic carbocycles. The second-order valence-electron chi connectivity index (χ2n) is 8.21. The van der Waals surface area contributed by atoms with E-state index in [1.807, 2.05) is 18.2 Å². The first kappa shape index (κ1) is 20.9. The van der Waals surface area contributed by atoms with E-state index in [0.717, 1.165) is 37.0 Å². The first-order valence-electron chi connectivity index (χ1n) is 11.1. The lowest BCUT2D eigenvalue weighted by atomic mass is 10.1. The molecule has 168 valence electrons. The summed E-state index contributed by atoms with van der Waals surface area (Å²) in [5.41, 5.74) is 8.73. The van der Waals surface area contributed by atoms with Gasteiger partial charge in [0.1, 0.15) is 6.10 Å². The summed E-state index contributed by atoms with van der Waals surface area (Å²) in [4.78, 5) is 17.1. The van der Waals surface area contributed by atoms with E-state index < -0.39 is 0 Å². The molecule has 3 aromatic rings. The summed E-state index contributed by atoms with van der Waals surface area (Å²) in [6, 6.07) is 14.5. The third-order valence-electron chi connectivity index (χ3n) is 6.12. The number of aliphatic imine (C=N–C) groups is 1. The van der Waals surface area contributed by atoms with Gasteiger partial charge in [0.05, 0.1) is 31.9 Å². The molecule has 2 aliphatic heterocycles. The highest BCUT2D eigenvalue weighted by atomic mass is 16.6. The number of nitrogens with two attached hydrogens (primary N) is 1. The van der Waals surface area contributed by atoms with Crippen LogP contribution in [-0.2, 0) is 14.2 Å². The number of nitrogens with one attached hydrogen (secondary N) is 1. The number of amides is 1. The maximum Gasteiger partial charge on any atom is 0.258 e. The molecule has 2 aliphatic rings. The molecule has 0 bridgehead atoms. The molecule has 0 saturated carbocycles. The SMILES string of the molecule is NC(=NCC1COCCO1)NC(=O)c1ccc2c3ccccc3n(C3CCOCC3)c2c1. The van der Waals surface area contributed by atoms with Gasteiger partial charge in [-0.1, -0.05) is 24.3 Å². The maximum atomic E-state index is 12.9. The minimum atomic E-state index is -0.280. The topological polar surface area (TPSA) is 100 Å². The summed E-state index contributed by atoms with van der Waals surface area (Å²) >= 11 is 0. The van der Waals surface area contributed by atoms with Gasteiger partial charge in [0.25, 0.3) is 5.91 Å². The number of fused-ring (bicyclic) bond motifs is 3. The highest BCUT2D eigenvalue weighted by molar-refractivity contribution is 6.12. The molecule has 1 atom stereocenters. The largest absolute Gasteiger partial charge is 0.381 e. The van der Waals surface area contributed by atoms with Crippen molar-refractivity contribution in [1.82, 2.24) is 9.88 Å². The van der Waals surface area contributed by atoms with Gasteiger partial charge in [-0.3, -0.25) is 15.1 Å². The van der Waals surface area contributed by atoms with Crippen LogP contribution in [0.1, 0.15) is 29.2 Å². The van der Waals surface area contributed by atoms with Crippen LogP contribution >= 0.6 is 0 Å². The lowest BCUT2D eigenvalue weighted by Gasteiger charge is -2.25. The zero-order valence-corrected chi connectivity index (χ0v) is 18.0. The Bertz CT molecular complexity index is 1140. The van der Waals surface area contributed by atoms with Gasteiger partial charge in [0.2, 0.25) is 0 Å². The second kappa shape index (κ2) is 9.28. The summed E-state index contributed by atoms with van der Waals surface area (Å²) in [5.74, 6) is -0.202. The first-order valence-corrected chi connectivity index (χ1v) is 11.1. The van der Waals surface area contributed by atoms with Crippen LogP contribution in [0.3, 0.4) is 0 Å². The van der Waals surface area contributed by atoms with E-state index >= 15 is 0 Å². The zero-order valence-electron chi connectivity index (χ0n) is 18.0. The van der Waals surface area contributed by atoms with Gasteiger partial charge in [-0.05, 0) is 31.0 Å². The Hall–Kier alpha value is -2.94. The summed E-state index contributed by atoms with van der Waals surface area (Å²) in [5, 5.41) is 5.03. The van der Waals surface area contributed by atoms with Crippen molar-refractivity contribution in [1.29, 1.82) is 0 Å². The molecule has 1 aromatic heterocycles. The summed E-state index contributed by atoms with van der Waals surface area (Å²) in [7, 11) is 0. The van der Waals surface area contributed by atoms with E-state index in [0.29, 0.717) is 38.0 Å². The molecule has 3 heterocycles. The van der Waals surface area contributed by atoms with Crippen LogP contribution < -0.4 is 11.1 Å². The molecule has 1 unspecified atom stereocenters. The van der Waals surface area contributed by atoms with Crippen LogP contribution in [0.2, 0.25) is 0 Å². The van der Waals surface area contributed by atoms with Crippen LogP contribution in [0.4, 0.5) is 0 Å². The van der Waals surface area contributed by atoms with E-state index in [1.54, 1.807) is 0 Å². The number of rotatable bonds is 4. The molecule has 2 fully saturated rings. The lowest BCUT2D eigenvalue weighted by Crippen LogP contribution is -2.38. The van der Waals surface area contributed by atoms with E-state index in [9.17, 15) is 4.79 Å². The third-order valence-corrected chi connectivity index (χ3v) is 6.12. The van der Waals surface area contributed by atoms with E-state index in [4.69, 9.17) is 19.9 Å². The van der Waals surface area contributed by atoms with Crippen molar-refractivity contribution in [2.75, 3.05) is 39.6 Å². The van der Waals surface area contributed by atoms with Gasteiger partial charge in [-0.25, -0.2) is 0 Å². The predicted octanol–water partition coefficient (Wildman–Crippen LogP) is 2.61. The highest BCUT2D eigenvalue weighted by Crippen LogP contribution is 2.35. The maximum absolute atomic E-state index is 12.9. The van der Waals surface area contributed by atoms with Gasteiger partial charge in [0, 0.05) is 41.1 Å². The van der Waals surface area contributed by atoms with Crippen molar-refractivity contribution in [3.05, 3.63) is 48.0 Å². The van der Waals surface area contributed by atoms with E-state index in [2.05, 4.69) is 39.1 Å². The molecular formula is C24H28N4O4. The minimum Gasteiger partial charge on any atom is -0.381 e. The van der Waals surface area contributed by atoms with Crippen molar-refractivity contribution >= 4 is 33.7 Å². The summed E-state index contributed by atoms with van der Waals surface area (Å²) in [6.07, 6.45) is 1.78. The van der Waals surface area contributed by atoms with Crippen LogP contribution in [0.5, 0.6) is 0 Å². The highest BCUT2D eigenvalue weighted by Gasteiger charge is 2.22. The molecular weight excluding hydrogens is 408 g/mol. The van der Waals surface area contributed by atoms with Gasteiger partial charge in [-0.15, -0.1) is 0 Å². The van der Waals surface area contributed by atoms with Crippen molar-refractivity contribution < 1.29 is 19.0 Å². The molecule has 0 spiro atoms. The quantitative estimate of drug-likeness (QED) is 0.484. The molecule has 8 nitrogen and oxygen atoms in total. The van der Waals surface area contributed by atoms with E-state index in [1.165, 1.54) is 10.9 Å². The van der Waals surface area contributed by atoms with Crippen molar-refractivity contribution in [3.8, 4) is 0 Å². The monoisotopic (exact) mass is 436 g/mol. The molecule has 8 heteroatoms. The fraction of sp³-hybridized carbons (Fsp3) is 0.417. The number of carbonyl (C=O) groups is 1. The standard InChI is InChI=1S/C24H28N4O4/c25-24(26-14-18-15-31-11-12-32-18)27-23(29)16-5-6-20-19-3-1-2-4-21(19)28(22(20)13-16)17-7-9-30-10-8-17/h1-6,13,17-18H,7-12,14-15H2,(H3,25,26,27,29).